The van der Waals surface area contributed by atoms with Crippen LogP contribution in [0.3, 0.4) is 0 Å². The van der Waals surface area contributed by atoms with Gasteiger partial charge in [0, 0.05) is 13.1 Å². The molecule has 0 radical (unpaired) electrons. The highest BCUT2D eigenvalue weighted by Crippen LogP contribution is 2.15. The summed E-state index contributed by atoms with van der Waals surface area (Å²) in [6.07, 6.45) is -0.00296. The monoisotopic (exact) mass is 199 g/mol. The average Bonchev–Trinajstić information content (AvgIpc) is 2.13. The Kier molecular flexibility index (Phi) is 3.17. The molecule has 0 aromatic heterocycles. The molecule has 0 fully saturated rings. The SMILES string of the molecule is CNC(=O)Cc1cc(F)cc(F)c1C. The number of amides is 1. The third kappa shape index (κ3) is 2.28. The smallest absolute Gasteiger partial charge is 0.224 e. The molecule has 4 heteroatoms. The molecule has 1 rings (SSSR count). The predicted molar refractivity (Wildman–Crippen MR) is 48.9 cm³/mol. The molecular formula is C10H11F2NO. The summed E-state index contributed by atoms with van der Waals surface area (Å²) in [5.41, 5.74) is 0.692. The van der Waals surface area contributed by atoms with E-state index >= 15 is 0 Å². The Hall–Kier alpha value is -1.45. The van der Waals surface area contributed by atoms with Crippen LogP contribution in [-0.2, 0) is 11.2 Å². The van der Waals surface area contributed by atoms with Crippen LogP contribution in [-0.4, -0.2) is 13.0 Å². The number of hydrogen-bond donors (Lipinski definition) is 1. The molecule has 0 saturated carbocycles. The van der Waals surface area contributed by atoms with Gasteiger partial charge in [0.15, 0.2) is 0 Å². The topological polar surface area (TPSA) is 29.1 Å². The van der Waals surface area contributed by atoms with Crippen LogP contribution in [0.1, 0.15) is 11.1 Å². The van der Waals surface area contributed by atoms with Crippen LogP contribution in [0.25, 0.3) is 0 Å². The molecule has 0 bridgehead atoms. The maximum Gasteiger partial charge on any atom is 0.224 e. The minimum Gasteiger partial charge on any atom is -0.359 e. The Balaban J connectivity index is 3.02. The molecule has 0 unspecified atom stereocenters. The number of likely N-dealkylation sites (N-methyl/N-ethyl adjacent to an activating group) is 1. The summed E-state index contributed by atoms with van der Waals surface area (Å²) in [6.45, 7) is 1.52. The number of nitrogens with one attached hydrogen (secondary N) is 1. The standard InChI is InChI=1S/C10H11F2NO/c1-6-7(4-10(14)13-2)3-8(11)5-9(6)12/h3,5H,4H2,1-2H3,(H,13,14). The molecule has 1 N–H and O–H groups in total. The van der Waals surface area contributed by atoms with Crippen molar-refractivity contribution in [2.75, 3.05) is 7.05 Å². The van der Waals surface area contributed by atoms with Crippen LogP contribution < -0.4 is 5.32 Å². The highest BCUT2D eigenvalue weighted by Gasteiger charge is 2.09. The second-order valence-corrected chi connectivity index (χ2v) is 3.02. The lowest BCUT2D eigenvalue weighted by atomic mass is 10.0. The van der Waals surface area contributed by atoms with Crippen LogP contribution in [0, 0.1) is 18.6 Å². The van der Waals surface area contributed by atoms with Crippen LogP contribution in [0.5, 0.6) is 0 Å². The quantitative estimate of drug-likeness (QED) is 0.769. The molecule has 2 nitrogen and oxygen atoms in total. The van der Waals surface area contributed by atoms with Crippen molar-refractivity contribution in [2.24, 2.45) is 0 Å². The van der Waals surface area contributed by atoms with E-state index in [9.17, 15) is 13.6 Å². The van der Waals surface area contributed by atoms with E-state index in [0.29, 0.717) is 11.1 Å². The number of carbonyl (C=O) groups excluding carboxylic acids is 1. The summed E-state index contributed by atoms with van der Waals surface area (Å²) >= 11 is 0. The van der Waals surface area contributed by atoms with Crippen molar-refractivity contribution < 1.29 is 13.6 Å². The summed E-state index contributed by atoms with van der Waals surface area (Å²) in [7, 11) is 1.48. The molecule has 0 spiro atoms. The summed E-state index contributed by atoms with van der Waals surface area (Å²) in [6, 6.07) is 1.98. The normalized spacial score (nSPS) is 10.0. The molecule has 1 aromatic carbocycles. The van der Waals surface area contributed by atoms with Gasteiger partial charge in [-0.25, -0.2) is 8.78 Å². The molecule has 0 heterocycles. The number of halogens is 2. The molecule has 0 aliphatic rings. The van der Waals surface area contributed by atoms with Crippen molar-refractivity contribution in [3.8, 4) is 0 Å². The Morgan fingerprint density at radius 1 is 1.43 bits per heavy atom. The first-order valence-electron chi connectivity index (χ1n) is 4.19. The van der Waals surface area contributed by atoms with Crippen LogP contribution in [0.15, 0.2) is 12.1 Å². The Morgan fingerprint density at radius 2 is 2.07 bits per heavy atom. The van der Waals surface area contributed by atoms with E-state index in [0.717, 1.165) is 6.07 Å². The number of hydrogen-bond acceptors (Lipinski definition) is 1. The zero-order valence-corrected chi connectivity index (χ0v) is 8.03. The van der Waals surface area contributed by atoms with E-state index < -0.39 is 11.6 Å². The highest BCUT2D eigenvalue weighted by atomic mass is 19.1. The third-order valence-electron chi connectivity index (χ3n) is 2.05. The summed E-state index contributed by atoms with van der Waals surface area (Å²) in [5.74, 6) is -1.55. The van der Waals surface area contributed by atoms with Crippen molar-refractivity contribution in [3.05, 3.63) is 34.9 Å². The summed E-state index contributed by atoms with van der Waals surface area (Å²) in [5, 5.41) is 2.40. The largest absolute Gasteiger partial charge is 0.359 e. The van der Waals surface area contributed by atoms with Gasteiger partial charge in [-0.15, -0.1) is 0 Å². The molecule has 0 aliphatic heterocycles. The Morgan fingerprint density at radius 3 is 2.64 bits per heavy atom. The number of carbonyl (C=O) groups is 1. The van der Waals surface area contributed by atoms with E-state index in [4.69, 9.17) is 0 Å². The van der Waals surface area contributed by atoms with E-state index in [1.807, 2.05) is 0 Å². The van der Waals surface area contributed by atoms with Gasteiger partial charge in [0.05, 0.1) is 6.42 Å². The van der Waals surface area contributed by atoms with Crippen LogP contribution in [0.2, 0.25) is 0 Å². The Bertz CT molecular complexity index is 363. The first kappa shape index (κ1) is 10.6. The van der Waals surface area contributed by atoms with Crippen LogP contribution >= 0.6 is 0 Å². The fraction of sp³-hybridized carbons (Fsp3) is 0.300. The van der Waals surface area contributed by atoms with Gasteiger partial charge in [-0.05, 0) is 24.1 Å². The van der Waals surface area contributed by atoms with E-state index in [-0.39, 0.29) is 12.3 Å². The zero-order chi connectivity index (χ0) is 10.7. The second kappa shape index (κ2) is 4.17. The minimum atomic E-state index is -0.660. The molecule has 0 aliphatic carbocycles. The lowest BCUT2D eigenvalue weighted by Crippen LogP contribution is -2.20. The van der Waals surface area contributed by atoms with Crippen molar-refractivity contribution in [1.29, 1.82) is 0 Å². The van der Waals surface area contributed by atoms with Crippen molar-refractivity contribution in [3.63, 3.8) is 0 Å². The fourth-order valence-electron chi connectivity index (χ4n) is 1.14. The number of rotatable bonds is 2. The maximum absolute atomic E-state index is 13.0. The van der Waals surface area contributed by atoms with E-state index in [2.05, 4.69) is 5.32 Å². The molecule has 0 atom stereocenters. The zero-order valence-electron chi connectivity index (χ0n) is 8.03. The molecular weight excluding hydrogens is 188 g/mol. The molecule has 1 aromatic rings. The average molecular weight is 199 g/mol. The van der Waals surface area contributed by atoms with Gasteiger partial charge < -0.3 is 5.32 Å². The predicted octanol–water partition coefficient (Wildman–Crippen LogP) is 1.56. The van der Waals surface area contributed by atoms with Gasteiger partial charge >= 0.3 is 0 Å². The third-order valence-corrected chi connectivity index (χ3v) is 2.05. The first-order valence-corrected chi connectivity index (χ1v) is 4.19. The summed E-state index contributed by atoms with van der Waals surface area (Å²) in [4.78, 5) is 11.0. The van der Waals surface area contributed by atoms with E-state index in [1.165, 1.54) is 20.0 Å². The maximum atomic E-state index is 13.0. The van der Waals surface area contributed by atoms with Crippen molar-refractivity contribution in [2.45, 2.75) is 13.3 Å². The number of benzene rings is 1. The molecule has 76 valence electrons. The first-order chi connectivity index (χ1) is 6.54. The molecule has 0 saturated heterocycles. The second-order valence-electron chi connectivity index (χ2n) is 3.02. The Labute approximate surface area is 80.9 Å². The molecule has 1 amide bonds. The lowest BCUT2D eigenvalue weighted by molar-refractivity contribution is -0.119. The van der Waals surface area contributed by atoms with Gasteiger partial charge in [0.2, 0.25) is 5.91 Å². The van der Waals surface area contributed by atoms with Gasteiger partial charge in [-0.1, -0.05) is 0 Å². The fourth-order valence-corrected chi connectivity index (χ4v) is 1.14. The van der Waals surface area contributed by atoms with Crippen LogP contribution in [0.4, 0.5) is 8.78 Å². The minimum absolute atomic E-state index is 0.00296. The van der Waals surface area contributed by atoms with Gasteiger partial charge in [0.1, 0.15) is 11.6 Å². The van der Waals surface area contributed by atoms with Crippen molar-refractivity contribution >= 4 is 5.91 Å². The van der Waals surface area contributed by atoms with Gasteiger partial charge in [-0.3, -0.25) is 4.79 Å². The lowest BCUT2D eigenvalue weighted by Gasteiger charge is -2.06. The molecule has 14 heavy (non-hydrogen) atoms. The van der Waals surface area contributed by atoms with Crippen molar-refractivity contribution in [1.82, 2.24) is 5.32 Å². The summed E-state index contributed by atoms with van der Waals surface area (Å²) < 4.78 is 25.8. The highest BCUT2D eigenvalue weighted by molar-refractivity contribution is 5.78. The van der Waals surface area contributed by atoms with E-state index in [1.54, 1.807) is 0 Å². The van der Waals surface area contributed by atoms with Gasteiger partial charge in [-0.2, -0.15) is 0 Å². The van der Waals surface area contributed by atoms with Gasteiger partial charge in [0.25, 0.3) is 0 Å².